The first-order chi connectivity index (χ1) is 9.70. The minimum Gasteiger partial charge on any atom is -0.482 e. The third-order valence-corrected chi connectivity index (χ3v) is 4.34. The minimum atomic E-state index is -0.320. The van der Waals surface area contributed by atoms with E-state index in [1.807, 2.05) is 17.9 Å². The van der Waals surface area contributed by atoms with Crippen LogP contribution >= 0.6 is 12.4 Å². The molecule has 0 atom stereocenters. The predicted octanol–water partition coefficient (Wildman–Crippen LogP) is 2.62. The Bertz CT molecular complexity index is 680. The van der Waals surface area contributed by atoms with Crippen LogP contribution in [-0.4, -0.2) is 22.9 Å². The molecule has 4 nitrogen and oxygen atoms in total. The minimum absolute atomic E-state index is 0. The second-order valence-electron chi connectivity index (χ2n) is 5.52. The van der Waals surface area contributed by atoms with Gasteiger partial charge in [-0.2, -0.15) is 5.10 Å². The molecule has 0 bridgehead atoms. The molecule has 2 aliphatic rings. The van der Waals surface area contributed by atoms with Crippen LogP contribution in [0.3, 0.4) is 0 Å². The molecular weight excluding hydrogens is 293 g/mol. The Labute approximate surface area is 128 Å². The number of aromatic nitrogens is 2. The van der Waals surface area contributed by atoms with E-state index in [2.05, 4.69) is 10.4 Å². The molecule has 1 fully saturated rings. The molecule has 6 heteroatoms. The first-order valence-electron chi connectivity index (χ1n) is 6.92. The van der Waals surface area contributed by atoms with Crippen LogP contribution < -0.4 is 10.1 Å². The van der Waals surface area contributed by atoms with Gasteiger partial charge in [0.25, 0.3) is 0 Å². The fourth-order valence-electron chi connectivity index (χ4n) is 3.33. The fraction of sp³-hybridized carbons (Fsp3) is 0.400. The largest absolute Gasteiger partial charge is 0.482 e. The van der Waals surface area contributed by atoms with Gasteiger partial charge in [-0.3, -0.25) is 4.68 Å². The van der Waals surface area contributed by atoms with Crippen molar-refractivity contribution in [2.45, 2.75) is 18.4 Å². The van der Waals surface area contributed by atoms with Crippen molar-refractivity contribution in [2.75, 3.05) is 13.1 Å². The highest BCUT2D eigenvalue weighted by molar-refractivity contribution is 5.85. The van der Waals surface area contributed by atoms with Gasteiger partial charge in [0, 0.05) is 31.0 Å². The Morgan fingerprint density at radius 1 is 1.33 bits per heavy atom. The number of piperidine rings is 1. The summed E-state index contributed by atoms with van der Waals surface area (Å²) in [6.07, 6.45) is 3.68. The van der Waals surface area contributed by atoms with Gasteiger partial charge in [-0.25, -0.2) is 4.39 Å². The van der Waals surface area contributed by atoms with Crippen molar-refractivity contribution < 1.29 is 9.13 Å². The topological polar surface area (TPSA) is 39.1 Å². The third-order valence-electron chi connectivity index (χ3n) is 4.34. The van der Waals surface area contributed by atoms with Crippen LogP contribution in [0.25, 0.3) is 11.3 Å². The van der Waals surface area contributed by atoms with Crippen molar-refractivity contribution >= 4 is 12.4 Å². The Hall–Kier alpha value is -1.59. The van der Waals surface area contributed by atoms with E-state index < -0.39 is 0 Å². The zero-order valence-electron chi connectivity index (χ0n) is 11.7. The number of ether oxygens (including phenoxy) is 1. The molecule has 1 aromatic carbocycles. The van der Waals surface area contributed by atoms with E-state index in [-0.39, 0.29) is 23.8 Å². The van der Waals surface area contributed by atoms with Crippen molar-refractivity contribution in [3.8, 4) is 17.0 Å². The molecule has 1 N–H and O–H groups in total. The number of fused-ring (bicyclic) bond motifs is 4. The summed E-state index contributed by atoms with van der Waals surface area (Å²) in [4.78, 5) is 0. The number of nitrogens with one attached hydrogen (secondary N) is 1. The lowest BCUT2D eigenvalue weighted by Crippen LogP contribution is -2.45. The molecule has 2 aliphatic heterocycles. The molecular formula is C15H17ClFN3O. The maximum absolute atomic E-state index is 13.6. The summed E-state index contributed by atoms with van der Waals surface area (Å²) in [6, 6.07) is 4.71. The summed E-state index contributed by atoms with van der Waals surface area (Å²) >= 11 is 0. The lowest BCUT2D eigenvalue weighted by atomic mass is 9.81. The summed E-state index contributed by atoms with van der Waals surface area (Å²) in [5, 5.41) is 7.73. The first kappa shape index (κ1) is 14.4. The molecule has 2 aromatic rings. The van der Waals surface area contributed by atoms with Crippen molar-refractivity contribution in [3.05, 3.63) is 35.8 Å². The summed E-state index contributed by atoms with van der Waals surface area (Å²) < 4.78 is 21.7. The van der Waals surface area contributed by atoms with Gasteiger partial charge < -0.3 is 10.1 Å². The van der Waals surface area contributed by atoms with Crippen LogP contribution in [0.1, 0.15) is 18.4 Å². The molecule has 0 radical (unpaired) electrons. The average Bonchev–Trinajstić information content (AvgIpc) is 2.85. The third kappa shape index (κ3) is 2.03. The summed E-state index contributed by atoms with van der Waals surface area (Å²) in [5.74, 6) is 0.505. The van der Waals surface area contributed by atoms with Gasteiger partial charge in [0.2, 0.25) is 0 Å². The second kappa shape index (κ2) is 5.00. The Morgan fingerprint density at radius 3 is 2.86 bits per heavy atom. The SMILES string of the molecule is Cl.Cn1ncc2c1-c1cc(F)ccc1OC21CCNCC1. The average molecular weight is 310 g/mol. The van der Waals surface area contributed by atoms with Crippen molar-refractivity contribution in [2.24, 2.45) is 7.05 Å². The van der Waals surface area contributed by atoms with E-state index in [1.165, 1.54) is 12.1 Å². The number of rotatable bonds is 0. The maximum Gasteiger partial charge on any atom is 0.140 e. The second-order valence-corrected chi connectivity index (χ2v) is 5.52. The van der Waals surface area contributed by atoms with Crippen LogP contribution in [0.4, 0.5) is 4.39 Å². The number of benzene rings is 1. The van der Waals surface area contributed by atoms with E-state index in [0.29, 0.717) is 0 Å². The van der Waals surface area contributed by atoms with Crippen LogP contribution in [0.2, 0.25) is 0 Å². The van der Waals surface area contributed by atoms with Gasteiger partial charge in [0.05, 0.1) is 11.9 Å². The smallest absolute Gasteiger partial charge is 0.140 e. The first-order valence-corrected chi connectivity index (χ1v) is 6.92. The van der Waals surface area contributed by atoms with Crippen LogP contribution in [0, 0.1) is 5.82 Å². The summed E-state index contributed by atoms with van der Waals surface area (Å²) in [5.41, 5.74) is 2.54. The number of halogens is 2. The number of nitrogens with zero attached hydrogens (tertiary/aromatic N) is 2. The molecule has 1 aromatic heterocycles. The number of hydrogen-bond acceptors (Lipinski definition) is 3. The predicted molar refractivity (Wildman–Crippen MR) is 80.3 cm³/mol. The molecule has 0 saturated carbocycles. The zero-order chi connectivity index (χ0) is 13.7. The van der Waals surface area contributed by atoms with E-state index in [0.717, 1.165) is 48.5 Å². The Kier molecular flexibility index (Phi) is 3.42. The Balaban J connectivity index is 0.00000132. The van der Waals surface area contributed by atoms with Crippen LogP contribution in [0.5, 0.6) is 5.75 Å². The molecule has 112 valence electrons. The molecule has 1 saturated heterocycles. The molecule has 0 aliphatic carbocycles. The lowest BCUT2D eigenvalue weighted by Gasteiger charge is -2.41. The summed E-state index contributed by atoms with van der Waals surface area (Å²) in [6.45, 7) is 1.84. The molecule has 4 rings (SSSR count). The highest BCUT2D eigenvalue weighted by Crippen LogP contribution is 2.48. The quantitative estimate of drug-likeness (QED) is 0.813. The standard InChI is InChI=1S/C15H16FN3O.ClH/c1-19-14-11-8-10(16)2-3-13(11)20-15(12(14)9-18-19)4-6-17-7-5-15;/h2-3,8-9,17H,4-7H2,1H3;1H. The van der Waals surface area contributed by atoms with Crippen LogP contribution in [-0.2, 0) is 12.6 Å². The lowest BCUT2D eigenvalue weighted by molar-refractivity contribution is 0.0305. The van der Waals surface area contributed by atoms with Gasteiger partial charge in [0.1, 0.15) is 17.2 Å². The van der Waals surface area contributed by atoms with E-state index in [4.69, 9.17) is 4.74 Å². The normalized spacial score (nSPS) is 18.4. The van der Waals surface area contributed by atoms with E-state index in [1.54, 1.807) is 6.07 Å². The van der Waals surface area contributed by atoms with Gasteiger partial charge >= 0.3 is 0 Å². The molecule has 0 unspecified atom stereocenters. The maximum atomic E-state index is 13.6. The van der Waals surface area contributed by atoms with Gasteiger partial charge in [-0.15, -0.1) is 12.4 Å². The van der Waals surface area contributed by atoms with Crippen molar-refractivity contribution in [1.82, 2.24) is 15.1 Å². The molecule has 3 heterocycles. The van der Waals surface area contributed by atoms with Crippen LogP contribution in [0.15, 0.2) is 24.4 Å². The van der Waals surface area contributed by atoms with E-state index >= 15 is 0 Å². The monoisotopic (exact) mass is 309 g/mol. The fourth-order valence-corrected chi connectivity index (χ4v) is 3.33. The molecule has 1 spiro atoms. The summed E-state index contributed by atoms with van der Waals surface area (Å²) in [7, 11) is 1.90. The van der Waals surface area contributed by atoms with E-state index in [9.17, 15) is 4.39 Å². The number of aryl methyl sites for hydroxylation is 1. The van der Waals surface area contributed by atoms with Crippen molar-refractivity contribution in [3.63, 3.8) is 0 Å². The highest BCUT2D eigenvalue weighted by Gasteiger charge is 2.43. The van der Waals surface area contributed by atoms with Gasteiger partial charge in [0.15, 0.2) is 0 Å². The molecule has 0 amide bonds. The molecule has 21 heavy (non-hydrogen) atoms. The highest BCUT2D eigenvalue weighted by atomic mass is 35.5. The van der Waals surface area contributed by atoms with Gasteiger partial charge in [-0.1, -0.05) is 0 Å². The zero-order valence-corrected chi connectivity index (χ0v) is 12.5. The Morgan fingerprint density at radius 2 is 2.10 bits per heavy atom. The number of hydrogen-bond donors (Lipinski definition) is 1. The van der Waals surface area contributed by atoms with Crippen molar-refractivity contribution in [1.29, 1.82) is 0 Å². The van der Waals surface area contributed by atoms with Gasteiger partial charge in [-0.05, 0) is 31.3 Å².